The van der Waals surface area contributed by atoms with Crippen LogP contribution in [0, 0.1) is 5.92 Å². The zero-order valence-electron chi connectivity index (χ0n) is 16.8. The molecule has 1 aliphatic carbocycles. The molecule has 1 saturated heterocycles. The normalized spacial score (nSPS) is 19.7. The molecule has 2 amide bonds. The van der Waals surface area contributed by atoms with Gasteiger partial charge in [-0.25, -0.2) is 0 Å². The Morgan fingerprint density at radius 3 is 2.50 bits per heavy atom. The molecule has 3 heterocycles. The van der Waals surface area contributed by atoms with Gasteiger partial charge in [0, 0.05) is 31.6 Å². The Balaban J connectivity index is 1.34. The van der Waals surface area contributed by atoms with Crippen molar-refractivity contribution in [2.45, 2.75) is 70.9 Å². The highest BCUT2D eigenvalue weighted by Crippen LogP contribution is 2.27. The van der Waals surface area contributed by atoms with E-state index in [1.165, 1.54) is 30.4 Å². The quantitative estimate of drug-likeness (QED) is 0.772. The van der Waals surface area contributed by atoms with Gasteiger partial charge >= 0.3 is 0 Å². The van der Waals surface area contributed by atoms with Crippen LogP contribution in [0.2, 0.25) is 0 Å². The number of fused-ring (bicyclic) bond motifs is 1. The van der Waals surface area contributed by atoms with E-state index in [-0.39, 0.29) is 17.7 Å². The van der Waals surface area contributed by atoms with Gasteiger partial charge in [0.25, 0.3) is 5.91 Å². The van der Waals surface area contributed by atoms with Crippen molar-refractivity contribution in [2.24, 2.45) is 5.92 Å². The standard InChI is InChI=1S/C22H31N3O2S/c1-2-25-18-11-14-28-20(18)15-19(25)22(27)24-12-9-16(10-13-24)21(26)23-17-7-5-3-4-6-8-17/h11,14-17H,2-10,12-13H2,1H3,(H,23,26). The molecule has 4 rings (SSSR count). The van der Waals surface area contributed by atoms with Crippen molar-refractivity contribution in [3.63, 3.8) is 0 Å². The molecule has 0 unspecified atom stereocenters. The molecule has 2 fully saturated rings. The molecule has 0 spiro atoms. The van der Waals surface area contributed by atoms with Crippen LogP contribution in [0.3, 0.4) is 0 Å². The van der Waals surface area contributed by atoms with Crippen molar-refractivity contribution < 1.29 is 9.59 Å². The number of aromatic nitrogens is 1. The van der Waals surface area contributed by atoms with E-state index in [4.69, 9.17) is 0 Å². The van der Waals surface area contributed by atoms with Crippen LogP contribution in [0.1, 0.15) is 68.8 Å². The molecule has 1 N–H and O–H groups in total. The minimum absolute atomic E-state index is 0.0498. The summed E-state index contributed by atoms with van der Waals surface area (Å²) in [6, 6.07) is 4.47. The Bertz CT molecular complexity index is 824. The predicted octanol–water partition coefficient (Wildman–Crippen LogP) is 4.41. The van der Waals surface area contributed by atoms with Crippen LogP contribution in [-0.2, 0) is 11.3 Å². The van der Waals surface area contributed by atoms with Gasteiger partial charge in [-0.3, -0.25) is 9.59 Å². The molecule has 6 heteroatoms. The SMILES string of the molecule is CCn1c(C(=O)N2CCC(C(=O)NC3CCCCCC3)CC2)cc2sccc21. The molecular weight excluding hydrogens is 370 g/mol. The van der Waals surface area contributed by atoms with Gasteiger partial charge in [0.15, 0.2) is 0 Å². The van der Waals surface area contributed by atoms with Gasteiger partial charge in [-0.1, -0.05) is 25.7 Å². The van der Waals surface area contributed by atoms with E-state index in [1.807, 2.05) is 11.0 Å². The third kappa shape index (κ3) is 3.97. The van der Waals surface area contributed by atoms with Crippen molar-refractivity contribution in [2.75, 3.05) is 13.1 Å². The van der Waals surface area contributed by atoms with Gasteiger partial charge < -0.3 is 14.8 Å². The average Bonchev–Trinajstić information content (AvgIpc) is 3.21. The Morgan fingerprint density at radius 2 is 1.82 bits per heavy atom. The number of nitrogens with one attached hydrogen (secondary N) is 1. The molecule has 0 bridgehead atoms. The molecule has 2 aliphatic rings. The molecule has 0 radical (unpaired) electrons. The lowest BCUT2D eigenvalue weighted by molar-refractivity contribution is -0.127. The molecular formula is C22H31N3O2S. The molecule has 2 aromatic heterocycles. The first-order valence-electron chi connectivity index (χ1n) is 10.8. The van der Waals surface area contributed by atoms with Crippen LogP contribution >= 0.6 is 11.3 Å². The highest BCUT2D eigenvalue weighted by Gasteiger charge is 2.30. The summed E-state index contributed by atoms with van der Waals surface area (Å²) in [7, 11) is 0. The van der Waals surface area contributed by atoms with E-state index in [0.29, 0.717) is 19.1 Å². The summed E-state index contributed by atoms with van der Waals surface area (Å²) < 4.78 is 3.28. The maximum atomic E-state index is 13.1. The summed E-state index contributed by atoms with van der Waals surface area (Å²) in [5, 5.41) is 5.36. The number of hydrogen-bond donors (Lipinski definition) is 1. The lowest BCUT2D eigenvalue weighted by Crippen LogP contribution is -2.45. The van der Waals surface area contributed by atoms with Crippen LogP contribution in [0.15, 0.2) is 17.5 Å². The van der Waals surface area contributed by atoms with Gasteiger partial charge in [0.05, 0.1) is 10.2 Å². The second-order valence-corrected chi connectivity index (χ2v) is 9.16. The third-order valence-corrected chi connectivity index (χ3v) is 7.27. The minimum Gasteiger partial charge on any atom is -0.353 e. The fourth-order valence-electron chi connectivity index (χ4n) is 4.74. The number of hydrogen-bond acceptors (Lipinski definition) is 3. The summed E-state index contributed by atoms with van der Waals surface area (Å²) in [4.78, 5) is 27.7. The number of aryl methyl sites for hydroxylation is 1. The van der Waals surface area contributed by atoms with Crippen molar-refractivity contribution in [1.29, 1.82) is 0 Å². The number of carbonyl (C=O) groups is 2. The monoisotopic (exact) mass is 401 g/mol. The molecule has 5 nitrogen and oxygen atoms in total. The van der Waals surface area contributed by atoms with Crippen molar-refractivity contribution in [3.8, 4) is 0 Å². The van der Waals surface area contributed by atoms with Crippen LogP contribution in [0.4, 0.5) is 0 Å². The number of piperidine rings is 1. The maximum absolute atomic E-state index is 13.1. The van der Waals surface area contributed by atoms with Gasteiger partial charge in [-0.05, 0) is 50.1 Å². The van der Waals surface area contributed by atoms with Crippen LogP contribution in [-0.4, -0.2) is 40.4 Å². The molecule has 0 atom stereocenters. The molecule has 2 aromatic rings. The van der Waals surface area contributed by atoms with E-state index < -0.39 is 0 Å². The molecule has 0 aromatic carbocycles. The number of amides is 2. The summed E-state index contributed by atoms with van der Waals surface area (Å²) in [6.07, 6.45) is 8.83. The summed E-state index contributed by atoms with van der Waals surface area (Å²) >= 11 is 1.68. The largest absolute Gasteiger partial charge is 0.353 e. The summed E-state index contributed by atoms with van der Waals surface area (Å²) in [6.45, 7) is 4.22. The molecule has 1 aliphatic heterocycles. The zero-order chi connectivity index (χ0) is 19.5. The lowest BCUT2D eigenvalue weighted by atomic mass is 9.95. The predicted molar refractivity (Wildman–Crippen MR) is 114 cm³/mol. The van der Waals surface area contributed by atoms with Crippen LogP contribution in [0.5, 0.6) is 0 Å². The van der Waals surface area contributed by atoms with Gasteiger partial charge in [-0.15, -0.1) is 11.3 Å². The van der Waals surface area contributed by atoms with Gasteiger partial charge in [-0.2, -0.15) is 0 Å². The minimum atomic E-state index is 0.0498. The summed E-state index contributed by atoms with van der Waals surface area (Å²) in [5.74, 6) is 0.359. The zero-order valence-corrected chi connectivity index (χ0v) is 17.6. The smallest absolute Gasteiger partial charge is 0.270 e. The topological polar surface area (TPSA) is 54.3 Å². The molecule has 152 valence electrons. The van der Waals surface area contributed by atoms with Gasteiger partial charge in [0.2, 0.25) is 5.91 Å². The van der Waals surface area contributed by atoms with Crippen molar-refractivity contribution in [3.05, 3.63) is 23.2 Å². The van der Waals surface area contributed by atoms with Gasteiger partial charge in [0.1, 0.15) is 5.69 Å². The Kier molecular flexibility index (Phi) is 6.04. The van der Waals surface area contributed by atoms with E-state index in [0.717, 1.165) is 43.4 Å². The highest BCUT2D eigenvalue weighted by molar-refractivity contribution is 7.17. The Hall–Kier alpha value is -1.82. The second kappa shape index (κ2) is 8.68. The first-order chi connectivity index (χ1) is 13.7. The Morgan fingerprint density at radius 1 is 1.11 bits per heavy atom. The van der Waals surface area contributed by atoms with Crippen molar-refractivity contribution >= 4 is 33.4 Å². The van der Waals surface area contributed by atoms with E-state index >= 15 is 0 Å². The summed E-state index contributed by atoms with van der Waals surface area (Å²) in [5.41, 5.74) is 1.93. The fraction of sp³-hybridized carbons (Fsp3) is 0.636. The van der Waals surface area contributed by atoms with Crippen LogP contribution < -0.4 is 5.32 Å². The molecule has 1 saturated carbocycles. The third-order valence-electron chi connectivity index (χ3n) is 6.41. The number of thiophene rings is 1. The molecule has 28 heavy (non-hydrogen) atoms. The fourth-order valence-corrected chi connectivity index (χ4v) is 5.57. The number of likely N-dealkylation sites (tertiary alicyclic amines) is 1. The first-order valence-corrected chi connectivity index (χ1v) is 11.7. The number of rotatable bonds is 4. The van der Waals surface area contributed by atoms with E-state index in [1.54, 1.807) is 11.3 Å². The van der Waals surface area contributed by atoms with Crippen LogP contribution in [0.25, 0.3) is 10.2 Å². The second-order valence-electron chi connectivity index (χ2n) is 8.21. The van der Waals surface area contributed by atoms with E-state index in [9.17, 15) is 9.59 Å². The number of carbonyl (C=O) groups excluding carboxylic acids is 2. The first kappa shape index (κ1) is 19.5. The number of nitrogens with zero attached hydrogens (tertiary/aromatic N) is 2. The highest BCUT2D eigenvalue weighted by atomic mass is 32.1. The lowest BCUT2D eigenvalue weighted by Gasteiger charge is -2.32. The van der Waals surface area contributed by atoms with Crippen molar-refractivity contribution in [1.82, 2.24) is 14.8 Å². The Labute approximate surface area is 171 Å². The van der Waals surface area contributed by atoms with E-state index in [2.05, 4.69) is 28.3 Å². The average molecular weight is 402 g/mol. The maximum Gasteiger partial charge on any atom is 0.270 e.